The molecule has 2 N–H and O–H groups in total. The lowest BCUT2D eigenvalue weighted by Crippen LogP contribution is -2.47. The molecule has 1 heterocycles. The molecule has 0 saturated carbocycles. The maximum Gasteiger partial charge on any atom is 0.313 e. The number of rotatable bonds is 7. The van der Waals surface area contributed by atoms with E-state index < -0.39 is 17.6 Å². The Morgan fingerprint density at radius 2 is 1.80 bits per heavy atom. The molecule has 1 aliphatic rings. The van der Waals surface area contributed by atoms with Crippen LogP contribution in [-0.2, 0) is 9.59 Å². The van der Waals surface area contributed by atoms with E-state index in [9.17, 15) is 14.0 Å². The van der Waals surface area contributed by atoms with E-state index in [2.05, 4.69) is 26.5 Å². The number of methoxy groups -OCH3 is 1. The molecule has 0 spiro atoms. The van der Waals surface area contributed by atoms with Gasteiger partial charge in [0, 0.05) is 38.4 Å². The first-order chi connectivity index (χ1) is 14.6. The van der Waals surface area contributed by atoms with Crippen LogP contribution in [0, 0.1) is 5.82 Å². The van der Waals surface area contributed by atoms with Crippen LogP contribution in [-0.4, -0.2) is 63.1 Å². The lowest BCUT2D eigenvalue weighted by atomic mass is 10.2. The third-order valence-electron chi connectivity index (χ3n) is 5.02. The van der Waals surface area contributed by atoms with Crippen LogP contribution < -0.4 is 20.3 Å². The van der Waals surface area contributed by atoms with Gasteiger partial charge in [-0.05, 0) is 43.3 Å². The van der Waals surface area contributed by atoms with Crippen molar-refractivity contribution >= 4 is 23.2 Å². The number of anilines is 2. The van der Waals surface area contributed by atoms with Gasteiger partial charge in [-0.2, -0.15) is 0 Å². The van der Waals surface area contributed by atoms with E-state index in [1.54, 1.807) is 7.11 Å². The number of hydrogen-bond donors (Lipinski definition) is 2. The number of carbonyl (C=O) groups is 2. The molecule has 8 heteroatoms. The lowest BCUT2D eigenvalue weighted by Gasteiger charge is -2.36. The Balaban J connectivity index is 1.34. The second kappa shape index (κ2) is 10.6. The second-order valence-electron chi connectivity index (χ2n) is 7.07. The van der Waals surface area contributed by atoms with E-state index in [0.717, 1.165) is 56.6 Å². The molecule has 3 rings (SSSR count). The number of carbonyl (C=O) groups excluding carboxylic acids is 2. The molecule has 1 saturated heterocycles. The molecule has 1 aliphatic heterocycles. The molecular weight excluding hydrogens is 387 g/mol. The van der Waals surface area contributed by atoms with Gasteiger partial charge in [-0.1, -0.05) is 18.2 Å². The van der Waals surface area contributed by atoms with Crippen LogP contribution in [0.1, 0.15) is 6.42 Å². The molecule has 0 aliphatic carbocycles. The highest BCUT2D eigenvalue weighted by Crippen LogP contribution is 2.28. The minimum atomic E-state index is -0.800. The van der Waals surface area contributed by atoms with Crippen molar-refractivity contribution in [1.29, 1.82) is 0 Å². The zero-order valence-corrected chi connectivity index (χ0v) is 17.1. The van der Waals surface area contributed by atoms with Crippen LogP contribution in [0.3, 0.4) is 0 Å². The summed E-state index contributed by atoms with van der Waals surface area (Å²) in [5.74, 6) is -1.12. The van der Waals surface area contributed by atoms with Gasteiger partial charge in [0.1, 0.15) is 11.6 Å². The van der Waals surface area contributed by atoms with E-state index in [0.29, 0.717) is 6.54 Å². The second-order valence-corrected chi connectivity index (χ2v) is 7.07. The van der Waals surface area contributed by atoms with Crippen molar-refractivity contribution in [1.82, 2.24) is 10.2 Å². The van der Waals surface area contributed by atoms with Gasteiger partial charge in [0.15, 0.2) is 0 Å². The zero-order chi connectivity index (χ0) is 21.3. The molecule has 7 nitrogen and oxygen atoms in total. The quantitative estimate of drug-likeness (QED) is 0.536. The van der Waals surface area contributed by atoms with E-state index in [-0.39, 0.29) is 5.69 Å². The first kappa shape index (κ1) is 21.6. The first-order valence-electron chi connectivity index (χ1n) is 10.0. The van der Waals surface area contributed by atoms with Gasteiger partial charge in [0.2, 0.25) is 0 Å². The van der Waals surface area contributed by atoms with Crippen LogP contribution in [0.4, 0.5) is 15.8 Å². The molecular formula is C22H27FN4O3. The fourth-order valence-electron chi connectivity index (χ4n) is 3.44. The van der Waals surface area contributed by atoms with Crippen molar-refractivity contribution in [3.8, 4) is 5.75 Å². The van der Waals surface area contributed by atoms with Crippen LogP contribution in [0.15, 0.2) is 48.5 Å². The van der Waals surface area contributed by atoms with Gasteiger partial charge in [0.05, 0.1) is 12.8 Å². The van der Waals surface area contributed by atoms with Gasteiger partial charge >= 0.3 is 11.8 Å². The predicted molar refractivity (Wildman–Crippen MR) is 114 cm³/mol. The van der Waals surface area contributed by atoms with Crippen molar-refractivity contribution in [2.45, 2.75) is 6.42 Å². The Kier molecular flexibility index (Phi) is 7.62. The highest BCUT2D eigenvalue weighted by atomic mass is 19.1. The predicted octanol–water partition coefficient (Wildman–Crippen LogP) is 2.10. The molecule has 2 aromatic rings. The van der Waals surface area contributed by atoms with Crippen LogP contribution in [0.25, 0.3) is 0 Å². The van der Waals surface area contributed by atoms with Crippen molar-refractivity contribution in [2.75, 3.05) is 56.6 Å². The fourth-order valence-corrected chi connectivity index (χ4v) is 3.44. The van der Waals surface area contributed by atoms with E-state index in [1.165, 1.54) is 18.2 Å². The molecule has 2 aromatic carbocycles. The SMILES string of the molecule is COc1ccccc1N1CCN(CCCNC(=O)C(=O)Nc2cccc(F)c2)CC1. The zero-order valence-electron chi connectivity index (χ0n) is 17.1. The molecule has 0 unspecified atom stereocenters. The van der Waals surface area contributed by atoms with E-state index in [4.69, 9.17) is 4.74 Å². The standard InChI is InChI=1S/C22H27FN4O3/c1-30-20-9-3-2-8-19(20)27-14-12-26(13-15-27)11-5-10-24-21(28)22(29)25-18-7-4-6-17(23)16-18/h2-4,6-9,16H,5,10-15H2,1H3,(H,24,28)(H,25,29). The van der Waals surface area contributed by atoms with Gasteiger partial charge in [-0.3, -0.25) is 14.5 Å². The largest absolute Gasteiger partial charge is 0.495 e. The molecule has 0 atom stereocenters. The summed E-state index contributed by atoms with van der Waals surface area (Å²) in [5, 5.41) is 4.99. The normalized spacial score (nSPS) is 14.3. The molecule has 160 valence electrons. The lowest BCUT2D eigenvalue weighted by molar-refractivity contribution is -0.136. The summed E-state index contributed by atoms with van der Waals surface area (Å²) in [5.41, 5.74) is 1.36. The average Bonchev–Trinajstić information content (AvgIpc) is 2.77. The van der Waals surface area contributed by atoms with E-state index in [1.807, 2.05) is 18.2 Å². The van der Waals surface area contributed by atoms with Crippen LogP contribution in [0.2, 0.25) is 0 Å². The summed E-state index contributed by atoms with van der Waals surface area (Å²) in [4.78, 5) is 28.4. The van der Waals surface area contributed by atoms with Crippen molar-refractivity contribution in [2.24, 2.45) is 0 Å². The number of amides is 2. The molecule has 1 fully saturated rings. The first-order valence-corrected chi connectivity index (χ1v) is 10.0. The summed E-state index contributed by atoms with van der Waals surface area (Å²) in [6, 6.07) is 13.4. The number of nitrogens with one attached hydrogen (secondary N) is 2. The van der Waals surface area contributed by atoms with Gasteiger partial charge in [-0.25, -0.2) is 4.39 Å². The van der Waals surface area contributed by atoms with E-state index >= 15 is 0 Å². The summed E-state index contributed by atoms with van der Waals surface area (Å²) >= 11 is 0. The molecule has 0 radical (unpaired) electrons. The topological polar surface area (TPSA) is 73.9 Å². The van der Waals surface area contributed by atoms with Crippen LogP contribution in [0.5, 0.6) is 5.75 Å². The molecule has 0 bridgehead atoms. The Bertz CT molecular complexity index is 869. The molecule has 2 amide bonds. The average molecular weight is 414 g/mol. The highest BCUT2D eigenvalue weighted by molar-refractivity contribution is 6.39. The number of halogens is 1. The Morgan fingerprint density at radius 3 is 2.53 bits per heavy atom. The summed E-state index contributed by atoms with van der Waals surface area (Å²) in [6.45, 7) is 4.90. The monoisotopic (exact) mass is 414 g/mol. The number of benzene rings is 2. The third kappa shape index (κ3) is 5.93. The maximum absolute atomic E-state index is 13.1. The number of para-hydroxylation sites is 2. The minimum Gasteiger partial charge on any atom is -0.495 e. The number of ether oxygens (including phenoxy) is 1. The Labute approximate surface area is 175 Å². The van der Waals surface area contributed by atoms with Crippen molar-refractivity contribution in [3.63, 3.8) is 0 Å². The van der Waals surface area contributed by atoms with Crippen LogP contribution >= 0.6 is 0 Å². The summed E-state index contributed by atoms with van der Waals surface area (Å²) < 4.78 is 18.6. The maximum atomic E-state index is 13.1. The van der Waals surface area contributed by atoms with Gasteiger partial charge in [-0.15, -0.1) is 0 Å². The Hall–Kier alpha value is -3.13. The number of hydrogen-bond acceptors (Lipinski definition) is 5. The van der Waals surface area contributed by atoms with Gasteiger partial charge < -0.3 is 20.3 Å². The fraction of sp³-hybridized carbons (Fsp3) is 0.364. The Morgan fingerprint density at radius 1 is 1.03 bits per heavy atom. The highest BCUT2D eigenvalue weighted by Gasteiger charge is 2.19. The smallest absolute Gasteiger partial charge is 0.313 e. The molecule has 30 heavy (non-hydrogen) atoms. The third-order valence-corrected chi connectivity index (χ3v) is 5.02. The van der Waals surface area contributed by atoms with Gasteiger partial charge in [0.25, 0.3) is 0 Å². The van der Waals surface area contributed by atoms with Crippen molar-refractivity contribution in [3.05, 3.63) is 54.3 Å². The number of nitrogens with zero attached hydrogens (tertiary/aromatic N) is 2. The number of piperazine rings is 1. The van der Waals surface area contributed by atoms with Crippen molar-refractivity contribution < 1.29 is 18.7 Å². The molecule has 0 aromatic heterocycles. The summed E-state index contributed by atoms with van der Waals surface area (Å²) in [7, 11) is 1.68. The summed E-state index contributed by atoms with van der Waals surface area (Å²) in [6.07, 6.45) is 0.744. The minimum absolute atomic E-state index is 0.253.